The highest BCUT2D eigenvalue weighted by Crippen LogP contribution is 2.27. The summed E-state index contributed by atoms with van der Waals surface area (Å²) >= 11 is 1.41. The molecule has 2 atom stereocenters. The molecule has 4 rings (SSSR count). The zero-order valence-electron chi connectivity index (χ0n) is 15.1. The number of aryl methyl sites for hydroxylation is 1. The van der Waals surface area contributed by atoms with Gasteiger partial charge in [-0.1, -0.05) is 6.07 Å². The van der Waals surface area contributed by atoms with Crippen LogP contribution in [-0.2, 0) is 0 Å². The molecule has 0 aromatic carbocycles. The normalized spacial score (nSPS) is 18.0. The second-order valence-electron chi connectivity index (χ2n) is 6.63. The molecule has 1 amide bonds. The Morgan fingerprint density at radius 2 is 2.26 bits per heavy atom. The van der Waals surface area contributed by atoms with Crippen LogP contribution < -0.4 is 5.32 Å². The maximum Gasteiger partial charge on any atom is 0.274 e. The van der Waals surface area contributed by atoms with Crippen molar-refractivity contribution in [3.8, 4) is 0 Å². The van der Waals surface area contributed by atoms with Crippen LogP contribution in [0.4, 0.5) is 5.95 Å². The fourth-order valence-corrected chi connectivity index (χ4v) is 3.96. The third-order valence-corrected chi connectivity index (χ3v) is 5.51. The maximum atomic E-state index is 13.0. The van der Waals surface area contributed by atoms with Crippen LogP contribution in [-0.4, -0.2) is 55.0 Å². The molecule has 0 aliphatic carbocycles. The van der Waals surface area contributed by atoms with Crippen LogP contribution >= 0.6 is 11.3 Å². The lowest BCUT2D eigenvalue weighted by molar-refractivity contribution is 0.0761. The van der Waals surface area contributed by atoms with Crippen LogP contribution in [0.3, 0.4) is 0 Å². The predicted octanol–water partition coefficient (Wildman–Crippen LogP) is 2.17. The third-order valence-electron chi connectivity index (χ3n) is 4.54. The highest BCUT2D eigenvalue weighted by Gasteiger charge is 2.29. The van der Waals surface area contributed by atoms with Crippen LogP contribution in [0.5, 0.6) is 0 Å². The molecule has 0 bridgehead atoms. The van der Waals surface area contributed by atoms with Gasteiger partial charge in [0.1, 0.15) is 4.70 Å². The number of likely N-dealkylation sites (tertiary alicyclic amines) is 1. The number of thiazole rings is 1. The van der Waals surface area contributed by atoms with E-state index >= 15 is 0 Å². The molecule has 1 aliphatic heterocycles. The molecule has 140 valence electrons. The molecule has 3 aromatic heterocycles. The molecule has 0 radical (unpaired) electrons. The lowest BCUT2D eigenvalue weighted by atomic mass is 10.1. The van der Waals surface area contributed by atoms with E-state index in [0.717, 1.165) is 10.6 Å². The number of carbonyl (C=O) groups is 1. The minimum atomic E-state index is -0.474. The Balaban J connectivity index is 1.69. The summed E-state index contributed by atoms with van der Waals surface area (Å²) in [6.07, 6.45) is 3.61. The van der Waals surface area contributed by atoms with Gasteiger partial charge in [-0.25, -0.2) is 9.97 Å². The van der Waals surface area contributed by atoms with Gasteiger partial charge in [0.15, 0.2) is 11.3 Å². The summed E-state index contributed by atoms with van der Waals surface area (Å²) < 4.78 is 0.679. The Morgan fingerprint density at radius 1 is 1.41 bits per heavy atom. The number of amides is 1. The quantitative estimate of drug-likeness (QED) is 0.710. The van der Waals surface area contributed by atoms with Crippen molar-refractivity contribution in [3.63, 3.8) is 0 Å². The zero-order valence-corrected chi connectivity index (χ0v) is 15.9. The number of fused-ring (bicyclic) bond motifs is 1. The minimum absolute atomic E-state index is 0.0764. The largest absolute Gasteiger partial charge is 0.391 e. The first-order valence-electron chi connectivity index (χ1n) is 8.80. The predicted molar refractivity (Wildman–Crippen MR) is 103 cm³/mol. The molecule has 2 N–H and O–H groups in total. The van der Waals surface area contributed by atoms with Gasteiger partial charge in [0, 0.05) is 25.5 Å². The Bertz CT molecular complexity index is 977. The number of hydrogen-bond donors (Lipinski definition) is 2. The number of nitrogens with zero attached hydrogens (tertiary/aromatic N) is 5. The number of pyridine rings is 1. The number of nitrogens with one attached hydrogen (secondary N) is 1. The van der Waals surface area contributed by atoms with Gasteiger partial charge in [-0.3, -0.25) is 9.78 Å². The molecule has 9 heteroatoms. The van der Waals surface area contributed by atoms with Crippen molar-refractivity contribution >= 4 is 33.5 Å². The van der Waals surface area contributed by atoms with E-state index in [1.54, 1.807) is 17.3 Å². The Morgan fingerprint density at radius 3 is 2.96 bits per heavy atom. The molecular weight excluding hydrogens is 364 g/mol. The van der Waals surface area contributed by atoms with Gasteiger partial charge >= 0.3 is 0 Å². The fourth-order valence-electron chi connectivity index (χ4n) is 3.12. The van der Waals surface area contributed by atoms with Gasteiger partial charge in [-0.15, -0.1) is 11.3 Å². The lowest BCUT2D eigenvalue weighted by Gasteiger charge is -2.17. The van der Waals surface area contributed by atoms with Crippen molar-refractivity contribution in [3.05, 3.63) is 40.8 Å². The second-order valence-corrected chi connectivity index (χ2v) is 7.83. The molecule has 27 heavy (non-hydrogen) atoms. The molecule has 1 saturated heterocycles. The second kappa shape index (κ2) is 7.16. The number of hydrogen-bond acceptors (Lipinski definition) is 8. The topological polar surface area (TPSA) is 104 Å². The first-order chi connectivity index (χ1) is 13.0. The van der Waals surface area contributed by atoms with Gasteiger partial charge < -0.3 is 15.3 Å². The summed E-state index contributed by atoms with van der Waals surface area (Å²) in [6, 6.07) is 3.76. The number of rotatable bonds is 4. The summed E-state index contributed by atoms with van der Waals surface area (Å²) in [6.45, 7) is 4.72. The van der Waals surface area contributed by atoms with Crippen molar-refractivity contribution in [2.24, 2.45) is 0 Å². The molecular formula is C18H20N6O2S. The van der Waals surface area contributed by atoms with E-state index in [1.165, 1.54) is 11.3 Å². The molecule has 3 aromatic rings. The van der Waals surface area contributed by atoms with E-state index in [-0.39, 0.29) is 11.9 Å². The molecule has 1 unspecified atom stereocenters. The molecule has 1 fully saturated rings. The van der Waals surface area contributed by atoms with Gasteiger partial charge in [-0.05, 0) is 31.9 Å². The average molecular weight is 384 g/mol. The third kappa shape index (κ3) is 3.60. The molecule has 1 aliphatic rings. The van der Waals surface area contributed by atoms with Crippen LogP contribution in [0.2, 0.25) is 0 Å². The van der Waals surface area contributed by atoms with Crippen LogP contribution in [0.25, 0.3) is 10.3 Å². The molecule has 8 nitrogen and oxygen atoms in total. The van der Waals surface area contributed by atoms with Crippen LogP contribution in [0.15, 0.2) is 24.5 Å². The van der Waals surface area contributed by atoms with Crippen molar-refractivity contribution in [2.45, 2.75) is 32.4 Å². The van der Waals surface area contributed by atoms with E-state index in [4.69, 9.17) is 0 Å². The molecule has 4 heterocycles. The Kier molecular flexibility index (Phi) is 4.71. The van der Waals surface area contributed by atoms with Crippen molar-refractivity contribution < 1.29 is 9.90 Å². The summed E-state index contributed by atoms with van der Waals surface area (Å²) in [4.78, 5) is 32.2. The number of aliphatic hydroxyl groups is 1. The fraction of sp³-hybridized carbons (Fsp3) is 0.389. The van der Waals surface area contributed by atoms with Crippen molar-refractivity contribution in [1.82, 2.24) is 24.8 Å². The zero-order chi connectivity index (χ0) is 19.0. The van der Waals surface area contributed by atoms with Crippen molar-refractivity contribution in [1.29, 1.82) is 0 Å². The lowest BCUT2D eigenvalue weighted by Crippen LogP contribution is -2.30. The van der Waals surface area contributed by atoms with Gasteiger partial charge in [0.25, 0.3) is 5.91 Å². The number of carbonyl (C=O) groups excluding carboxylic acids is 1. The number of aromatic nitrogens is 4. The van der Waals surface area contributed by atoms with E-state index < -0.39 is 6.10 Å². The first kappa shape index (κ1) is 17.7. The van der Waals surface area contributed by atoms with E-state index in [0.29, 0.717) is 41.5 Å². The summed E-state index contributed by atoms with van der Waals surface area (Å²) in [5, 5.41) is 13.8. The maximum absolute atomic E-state index is 13.0. The SMILES string of the molecule is Cc1nc2nc(NC(C)c3cccnc3)nc(C(=O)N3CC[C@@H](O)C3)c2s1. The monoisotopic (exact) mass is 384 g/mol. The summed E-state index contributed by atoms with van der Waals surface area (Å²) in [7, 11) is 0. The highest BCUT2D eigenvalue weighted by molar-refractivity contribution is 7.18. The number of aliphatic hydroxyl groups excluding tert-OH is 1. The summed E-state index contributed by atoms with van der Waals surface area (Å²) in [5.74, 6) is 0.159. The smallest absolute Gasteiger partial charge is 0.274 e. The van der Waals surface area contributed by atoms with Crippen LogP contribution in [0, 0.1) is 6.92 Å². The summed E-state index contributed by atoms with van der Waals surface area (Å²) in [5.41, 5.74) is 1.84. The average Bonchev–Trinajstić information content (AvgIpc) is 3.26. The number of anilines is 1. The van der Waals surface area contributed by atoms with E-state index in [9.17, 15) is 9.90 Å². The van der Waals surface area contributed by atoms with E-state index in [2.05, 4.69) is 25.3 Å². The van der Waals surface area contributed by atoms with Crippen molar-refractivity contribution in [2.75, 3.05) is 18.4 Å². The van der Waals surface area contributed by atoms with Gasteiger partial charge in [0.05, 0.1) is 17.2 Å². The first-order valence-corrected chi connectivity index (χ1v) is 9.62. The van der Waals surface area contributed by atoms with Crippen LogP contribution in [0.1, 0.15) is 40.4 Å². The standard InChI is InChI=1S/C18H20N6O2S/c1-10(12-4-3-6-19-8-12)20-18-22-14(15-16(23-18)21-11(2)27-15)17(26)24-7-5-13(25)9-24/h3-4,6,8,10,13,25H,5,7,9H2,1-2H3,(H,20,22,23)/t10?,13-/m1/s1. The van der Waals surface area contributed by atoms with E-state index in [1.807, 2.05) is 26.0 Å². The number of β-amino-alcohol motifs (C(OH)–C–C–N with tert-alkyl or cyclic N) is 1. The van der Waals surface area contributed by atoms with Gasteiger partial charge in [0.2, 0.25) is 5.95 Å². The Hall–Kier alpha value is -2.65. The molecule has 0 saturated carbocycles. The Labute approximate surface area is 160 Å². The highest BCUT2D eigenvalue weighted by atomic mass is 32.1. The molecule has 0 spiro atoms. The minimum Gasteiger partial charge on any atom is -0.391 e. The van der Waals surface area contributed by atoms with Gasteiger partial charge in [-0.2, -0.15) is 4.98 Å².